The van der Waals surface area contributed by atoms with Gasteiger partial charge < -0.3 is 21.2 Å². The Morgan fingerprint density at radius 3 is 2.73 bits per heavy atom. The summed E-state index contributed by atoms with van der Waals surface area (Å²) in [6.45, 7) is 8.60. The minimum Gasteiger partial charge on any atom is -0.479 e. The van der Waals surface area contributed by atoms with Crippen molar-refractivity contribution < 1.29 is 14.3 Å². The number of aliphatic carboxylic acids is 1. The van der Waals surface area contributed by atoms with Gasteiger partial charge in [-0.2, -0.15) is 9.65 Å². The molecule has 2 aliphatic rings. The average molecular weight is 565 g/mol. The lowest BCUT2D eigenvalue weighted by molar-refractivity contribution is -0.145. The fourth-order valence-electron chi connectivity index (χ4n) is 4.69. The van der Waals surface area contributed by atoms with Crippen molar-refractivity contribution in [3.8, 4) is 6.07 Å². The van der Waals surface area contributed by atoms with Crippen LogP contribution in [0.2, 0.25) is 5.02 Å². The molecule has 0 unspecified atom stereocenters. The summed E-state index contributed by atoms with van der Waals surface area (Å²) in [5, 5.41) is 29.0. The molecule has 1 aliphatic carbocycles. The standard InChI is InChI=1S/C28H30ClFN8O2/c1-15-18(5-6-22(30)34-15)25(21-13-38(37-36-21)28(7-8-28)26(39)40)35-17-9-19-23(33-14-27(2,3)4)16(11-31)12-32-24(19)20(29)10-17/h5-6,9-10,12-13,25,35-37H,7-8,14H2,1-4H3,(H,32,33)(H,39,40)/t25-/m0/s1. The minimum absolute atomic E-state index is 0.0471. The largest absolute Gasteiger partial charge is 0.479 e. The molecule has 12 heteroatoms. The Kier molecular flexibility index (Phi) is 6.94. The monoisotopic (exact) mass is 564 g/mol. The molecular weight excluding hydrogens is 535 g/mol. The van der Waals surface area contributed by atoms with E-state index < -0.39 is 23.5 Å². The highest BCUT2D eigenvalue weighted by molar-refractivity contribution is 6.35. The lowest BCUT2D eigenvalue weighted by Gasteiger charge is -2.24. The van der Waals surface area contributed by atoms with E-state index in [0.717, 1.165) is 0 Å². The summed E-state index contributed by atoms with van der Waals surface area (Å²) >= 11 is 6.70. The minimum atomic E-state index is -1.02. The highest BCUT2D eigenvalue weighted by Gasteiger charge is 2.56. The Hall–Kier alpha value is -4.14. The lowest BCUT2D eigenvalue weighted by atomic mass is 9.96. The number of hydrogen-bond donors (Lipinski definition) is 5. The zero-order valence-corrected chi connectivity index (χ0v) is 23.3. The summed E-state index contributed by atoms with van der Waals surface area (Å²) in [6.07, 6.45) is 4.23. The van der Waals surface area contributed by atoms with Crippen molar-refractivity contribution in [2.24, 2.45) is 5.41 Å². The topological polar surface area (TPSA) is 138 Å². The van der Waals surface area contributed by atoms with Crippen LogP contribution in [0.25, 0.3) is 10.9 Å². The predicted octanol–water partition coefficient (Wildman–Crippen LogP) is 5.00. The Labute approximate surface area is 236 Å². The molecule has 1 saturated carbocycles. The summed E-state index contributed by atoms with van der Waals surface area (Å²) in [4.78, 5) is 20.3. The number of benzene rings is 1. The molecule has 1 aromatic carbocycles. The molecule has 0 spiro atoms. The van der Waals surface area contributed by atoms with Crippen LogP contribution >= 0.6 is 11.6 Å². The third-order valence-electron chi connectivity index (χ3n) is 7.04. The predicted molar refractivity (Wildman–Crippen MR) is 151 cm³/mol. The highest BCUT2D eigenvalue weighted by Crippen LogP contribution is 2.43. The zero-order valence-electron chi connectivity index (χ0n) is 22.6. The molecule has 5 rings (SSSR count). The fraction of sp³-hybridized carbons (Fsp3) is 0.357. The summed E-state index contributed by atoms with van der Waals surface area (Å²) in [5.41, 5.74) is 8.88. The van der Waals surface area contributed by atoms with Crippen LogP contribution in [-0.2, 0) is 4.79 Å². The van der Waals surface area contributed by atoms with Crippen LogP contribution < -0.4 is 21.6 Å². The molecule has 1 atom stereocenters. The van der Waals surface area contributed by atoms with Gasteiger partial charge in [-0.1, -0.05) is 38.4 Å². The van der Waals surface area contributed by atoms with E-state index in [1.807, 2.05) is 6.07 Å². The van der Waals surface area contributed by atoms with Gasteiger partial charge in [0.1, 0.15) is 6.07 Å². The van der Waals surface area contributed by atoms with Gasteiger partial charge in [-0.15, -0.1) is 5.53 Å². The third-order valence-corrected chi connectivity index (χ3v) is 7.33. The second-order valence-electron chi connectivity index (χ2n) is 11.3. The Balaban J connectivity index is 1.58. The highest BCUT2D eigenvalue weighted by atomic mass is 35.5. The molecule has 1 aliphatic heterocycles. The molecule has 0 saturated heterocycles. The van der Waals surface area contributed by atoms with Crippen LogP contribution in [0.3, 0.4) is 0 Å². The number of nitrogens with zero attached hydrogens (tertiary/aromatic N) is 4. The first kappa shape index (κ1) is 27.4. The molecule has 0 bridgehead atoms. The van der Waals surface area contributed by atoms with Crippen molar-refractivity contribution in [3.05, 3.63) is 70.2 Å². The molecule has 2 aromatic heterocycles. The van der Waals surface area contributed by atoms with Gasteiger partial charge in [-0.25, -0.2) is 9.78 Å². The van der Waals surface area contributed by atoms with Gasteiger partial charge in [0.05, 0.1) is 33.5 Å². The Morgan fingerprint density at radius 2 is 2.10 bits per heavy atom. The molecule has 40 heavy (non-hydrogen) atoms. The molecule has 0 amide bonds. The molecule has 3 aromatic rings. The number of carbonyl (C=O) groups is 1. The number of carboxylic acid groups (broad SMARTS) is 1. The number of carboxylic acids is 1. The van der Waals surface area contributed by atoms with Crippen molar-refractivity contribution in [2.45, 2.75) is 52.1 Å². The fourth-order valence-corrected chi connectivity index (χ4v) is 4.96. The van der Waals surface area contributed by atoms with Gasteiger partial charge in [0.2, 0.25) is 5.95 Å². The number of nitrogens with one attached hydrogen (secondary N) is 4. The second kappa shape index (κ2) is 10.1. The van der Waals surface area contributed by atoms with E-state index in [1.165, 1.54) is 12.3 Å². The maximum Gasteiger partial charge on any atom is 0.331 e. The van der Waals surface area contributed by atoms with E-state index >= 15 is 0 Å². The summed E-state index contributed by atoms with van der Waals surface area (Å²) in [5.74, 6) is -1.52. The number of hydrazine groups is 2. The van der Waals surface area contributed by atoms with Crippen LogP contribution in [0.5, 0.6) is 0 Å². The van der Waals surface area contributed by atoms with E-state index in [1.54, 1.807) is 30.3 Å². The van der Waals surface area contributed by atoms with Crippen molar-refractivity contribution in [2.75, 3.05) is 17.2 Å². The van der Waals surface area contributed by atoms with Gasteiger partial charge in [0.25, 0.3) is 0 Å². The van der Waals surface area contributed by atoms with Crippen LogP contribution in [0, 0.1) is 29.6 Å². The van der Waals surface area contributed by atoms with Gasteiger partial charge in [0, 0.05) is 41.3 Å². The third kappa shape index (κ3) is 5.20. The summed E-state index contributed by atoms with van der Waals surface area (Å²) < 4.78 is 13.9. The number of aryl methyl sites for hydroxylation is 1. The van der Waals surface area contributed by atoms with E-state index in [0.29, 0.717) is 69.2 Å². The normalized spacial score (nSPS) is 16.6. The first-order valence-electron chi connectivity index (χ1n) is 12.8. The van der Waals surface area contributed by atoms with Crippen LogP contribution in [0.4, 0.5) is 15.8 Å². The Morgan fingerprint density at radius 1 is 1.35 bits per heavy atom. The van der Waals surface area contributed by atoms with Crippen molar-refractivity contribution in [1.82, 2.24) is 25.9 Å². The number of rotatable bonds is 8. The SMILES string of the molecule is Cc1nc(F)ccc1[C@H](Nc1cc(Cl)c2ncc(C#N)c(NCC(C)(C)C)c2c1)C1=CN(C2(C(=O)O)CC2)NN1. The number of hydrogen-bond acceptors (Lipinski definition) is 9. The summed E-state index contributed by atoms with van der Waals surface area (Å²) in [7, 11) is 0. The maximum absolute atomic E-state index is 13.9. The van der Waals surface area contributed by atoms with Gasteiger partial charge >= 0.3 is 5.97 Å². The average Bonchev–Trinajstić information content (AvgIpc) is 3.56. The molecule has 1 fully saturated rings. The van der Waals surface area contributed by atoms with Crippen LogP contribution in [0.1, 0.15) is 56.5 Å². The molecule has 3 heterocycles. The first-order valence-corrected chi connectivity index (χ1v) is 13.2. The number of pyridine rings is 2. The molecule has 0 radical (unpaired) electrons. The quantitative estimate of drug-likeness (QED) is 0.238. The van der Waals surface area contributed by atoms with Crippen LogP contribution in [0.15, 0.2) is 42.4 Å². The first-order chi connectivity index (χ1) is 18.9. The summed E-state index contributed by atoms with van der Waals surface area (Å²) in [6, 6.07) is 8.14. The van der Waals surface area contributed by atoms with Gasteiger partial charge in [-0.3, -0.25) is 9.99 Å². The van der Waals surface area contributed by atoms with E-state index in [4.69, 9.17) is 11.6 Å². The van der Waals surface area contributed by atoms with Crippen molar-refractivity contribution in [1.29, 1.82) is 5.26 Å². The molecule has 5 N–H and O–H groups in total. The number of nitriles is 1. The van der Waals surface area contributed by atoms with Crippen molar-refractivity contribution >= 4 is 39.8 Å². The molecular formula is C28H30ClFN8O2. The van der Waals surface area contributed by atoms with Crippen molar-refractivity contribution in [3.63, 3.8) is 0 Å². The number of fused-ring (bicyclic) bond motifs is 1. The number of anilines is 2. The second-order valence-corrected chi connectivity index (χ2v) is 11.7. The maximum atomic E-state index is 13.9. The van der Waals surface area contributed by atoms with E-state index in [2.05, 4.69) is 58.4 Å². The van der Waals surface area contributed by atoms with Crippen LogP contribution in [-0.4, -0.2) is 38.1 Å². The van der Waals surface area contributed by atoms with Gasteiger partial charge in [0.15, 0.2) is 5.54 Å². The molecule has 10 nitrogen and oxygen atoms in total. The number of halogens is 2. The zero-order chi connectivity index (χ0) is 28.8. The molecule has 208 valence electrons. The van der Waals surface area contributed by atoms with Gasteiger partial charge in [-0.05, 0) is 43.4 Å². The van der Waals surface area contributed by atoms with E-state index in [-0.39, 0.29) is 5.41 Å². The number of aromatic nitrogens is 2. The lowest BCUT2D eigenvalue weighted by Crippen LogP contribution is -2.49. The van der Waals surface area contributed by atoms with E-state index in [9.17, 15) is 19.6 Å². The Bertz CT molecular complexity index is 1580. The smallest absolute Gasteiger partial charge is 0.331 e.